The summed E-state index contributed by atoms with van der Waals surface area (Å²) < 4.78 is 7.61. The van der Waals surface area contributed by atoms with Gasteiger partial charge in [-0.15, -0.1) is 0 Å². The van der Waals surface area contributed by atoms with Gasteiger partial charge >= 0.3 is 0 Å². The fourth-order valence-electron chi connectivity index (χ4n) is 3.14. The van der Waals surface area contributed by atoms with Crippen LogP contribution in [0.2, 0.25) is 5.02 Å². The fourth-order valence-corrected chi connectivity index (χ4v) is 3.51. The fraction of sp³-hybridized carbons (Fsp3) is 0.786. The van der Waals surface area contributed by atoms with E-state index < -0.39 is 0 Å². The molecule has 1 saturated carbocycles. The van der Waals surface area contributed by atoms with Crippen LogP contribution in [0, 0.1) is 0 Å². The number of nitrogens with two attached hydrogens (primary N) is 1. The van der Waals surface area contributed by atoms with E-state index in [9.17, 15) is 0 Å². The molecule has 0 aliphatic heterocycles. The molecule has 0 spiro atoms. The topological polar surface area (TPSA) is 53.1 Å². The lowest BCUT2D eigenvalue weighted by atomic mass is 9.89. The molecule has 5 heteroatoms. The van der Waals surface area contributed by atoms with Crippen LogP contribution >= 0.6 is 11.6 Å². The molecule has 1 aliphatic rings. The zero-order valence-electron chi connectivity index (χ0n) is 12.1. The van der Waals surface area contributed by atoms with E-state index in [1.54, 1.807) is 7.11 Å². The average Bonchev–Trinajstić information content (AvgIpc) is 2.99. The molecule has 1 atom stereocenters. The van der Waals surface area contributed by atoms with E-state index in [0.29, 0.717) is 0 Å². The van der Waals surface area contributed by atoms with Crippen molar-refractivity contribution < 1.29 is 4.74 Å². The van der Waals surface area contributed by atoms with Gasteiger partial charge in [0.2, 0.25) is 0 Å². The van der Waals surface area contributed by atoms with Gasteiger partial charge in [0.1, 0.15) is 0 Å². The summed E-state index contributed by atoms with van der Waals surface area (Å²) >= 11 is 6.39. The molecule has 2 N–H and O–H groups in total. The Bertz CT molecular complexity index is 438. The maximum absolute atomic E-state index is 6.42. The van der Waals surface area contributed by atoms with Crippen molar-refractivity contribution in [3.63, 3.8) is 0 Å². The molecule has 1 unspecified atom stereocenters. The number of rotatable bonds is 5. The number of hydrogen-bond donors (Lipinski definition) is 1. The van der Waals surface area contributed by atoms with Gasteiger partial charge in [-0.05, 0) is 19.3 Å². The SMILES string of the molecule is CCc1nn(C)c(CC(N)C2(OC)CCCC2)c1Cl. The first kappa shape index (κ1) is 14.8. The van der Waals surface area contributed by atoms with Gasteiger partial charge in [-0.2, -0.15) is 5.10 Å². The molecule has 1 aromatic heterocycles. The van der Waals surface area contributed by atoms with Crippen molar-refractivity contribution >= 4 is 11.6 Å². The Hall–Kier alpha value is -0.580. The maximum atomic E-state index is 6.42. The van der Waals surface area contributed by atoms with Crippen molar-refractivity contribution in [1.29, 1.82) is 0 Å². The summed E-state index contributed by atoms with van der Waals surface area (Å²) in [6, 6.07) is -0.0300. The molecule has 2 rings (SSSR count). The van der Waals surface area contributed by atoms with Gasteiger partial charge in [0, 0.05) is 26.6 Å². The third kappa shape index (κ3) is 2.67. The zero-order chi connectivity index (χ0) is 14.0. The molecular formula is C14H24ClN3O. The smallest absolute Gasteiger partial charge is 0.0850 e. The highest BCUT2D eigenvalue weighted by Gasteiger charge is 2.40. The minimum Gasteiger partial charge on any atom is -0.377 e. The van der Waals surface area contributed by atoms with Crippen molar-refractivity contribution in [3.05, 3.63) is 16.4 Å². The first-order chi connectivity index (χ1) is 9.04. The highest BCUT2D eigenvalue weighted by molar-refractivity contribution is 6.31. The van der Waals surface area contributed by atoms with Crippen LogP contribution in [0.5, 0.6) is 0 Å². The van der Waals surface area contributed by atoms with Crippen LogP contribution in [-0.4, -0.2) is 28.5 Å². The summed E-state index contributed by atoms with van der Waals surface area (Å²) in [6.45, 7) is 2.06. The van der Waals surface area contributed by atoms with Gasteiger partial charge in [-0.3, -0.25) is 4.68 Å². The predicted octanol–water partition coefficient (Wildman–Crippen LogP) is 2.46. The lowest BCUT2D eigenvalue weighted by Crippen LogP contribution is -2.49. The quantitative estimate of drug-likeness (QED) is 0.904. The molecule has 1 fully saturated rings. The van der Waals surface area contributed by atoms with Crippen LogP contribution in [0.15, 0.2) is 0 Å². The zero-order valence-corrected chi connectivity index (χ0v) is 12.8. The standard InChI is InChI=1S/C14H24ClN3O/c1-4-10-13(15)11(18(2)17-10)9-12(16)14(19-3)7-5-6-8-14/h12H,4-9,16H2,1-3H3. The summed E-state index contributed by atoms with van der Waals surface area (Å²) in [6.07, 6.45) is 6.04. The Morgan fingerprint density at radius 3 is 2.58 bits per heavy atom. The lowest BCUT2D eigenvalue weighted by Gasteiger charge is -2.34. The number of aromatic nitrogens is 2. The molecule has 0 bridgehead atoms. The van der Waals surface area contributed by atoms with Crippen LogP contribution in [-0.2, 0) is 24.6 Å². The summed E-state index contributed by atoms with van der Waals surface area (Å²) in [5.41, 5.74) is 8.21. The van der Waals surface area contributed by atoms with E-state index in [1.165, 1.54) is 12.8 Å². The van der Waals surface area contributed by atoms with Gasteiger partial charge in [0.05, 0.1) is 22.0 Å². The number of halogens is 1. The largest absolute Gasteiger partial charge is 0.377 e. The molecule has 108 valence electrons. The monoisotopic (exact) mass is 285 g/mol. The van der Waals surface area contributed by atoms with E-state index in [0.717, 1.165) is 42.1 Å². The van der Waals surface area contributed by atoms with Gasteiger partial charge in [-0.1, -0.05) is 31.4 Å². The number of methoxy groups -OCH3 is 1. The van der Waals surface area contributed by atoms with Crippen LogP contribution in [0.25, 0.3) is 0 Å². The summed E-state index contributed by atoms with van der Waals surface area (Å²) in [5, 5.41) is 5.21. The normalized spacial score (nSPS) is 19.8. The molecule has 0 amide bonds. The van der Waals surface area contributed by atoms with Gasteiger partial charge in [0.15, 0.2) is 0 Å². The van der Waals surface area contributed by atoms with Gasteiger partial charge in [-0.25, -0.2) is 0 Å². The minimum atomic E-state index is -0.181. The summed E-state index contributed by atoms with van der Waals surface area (Å²) in [7, 11) is 3.70. The molecule has 0 radical (unpaired) electrons. The van der Waals surface area contributed by atoms with Gasteiger partial charge < -0.3 is 10.5 Å². The first-order valence-electron chi connectivity index (χ1n) is 7.05. The van der Waals surface area contributed by atoms with Crippen LogP contribution in [0.1, 0.15) is 44.0 Å². The van der Waals surface area contributed by atoms with Crippen LogP contribution < -0.4 is 5.73 Å². The maximum Gasteiger partial charge on any atom is 0.0850 e. The highest BCUT2D eigenvalue weighted by atomic mass is 35.5. The number of hydrogen-bond acceptors (Lipinski definition) is 3. The van der Waals surface area contributed by atoms with E-state index in [4.69, 9.17) is 22.1 Å². The molecule has 4 nitrogen and oxygen atoms in total. The minimum absolute atomic E-state index is 0.0300. The van der Waals surface area contributed by atoms with E-state index in [2.05, 4.69) is 12.0 Å². The molecule has 0 aromatic carbocycles. The Labute approximate surface area is 120 Å². The number of ether oxygens (including phenoxy) is 1. The van der Waals surface area contributed by atoms with Crippen molar-refractivity contribution in [3.8, 4) is 0 Å². The second kappa shape index (κ2) is 5.81. The molecule has 0 saturated heterocycles. The lowest BCUT2D eigenvalue weighted by molar-refractivity contribution is -0.0257. The van der Waals surface area contributed by atoms with E-state index >= 15 is 0 Å². The molecule has 1 aromatic rings. The predicted molar refractivity (Wildman–Crippen MR) is 77.5 cm³/mol. The highest BCUT2D eigenvalue weighted by Crippen LogP contribution is 2.36. The molecular weight excluding hydrogens is 262 g/mol. The molecule has 19 heavy (non-hydrogen) atoms. The number of nitrogens with zero attached hydrogens (tertiary/aromatic N) is 2. The summed E-state index contributed by atoms with van der Waals surface area (Å²) in [5.74, 6) is 0. The van der Waals surface area contributed by atoms with Crippen LogP contribution in [0.4, 0.5) is 0 Å². The van der Waals surface area contributed by atoms with Crippen molar-refractivity contribution in [1.82, 2.24) is 9.78 Å². The molecule has 1 heterocycles. The van der Waals surface area contributed by atoms with Gasteiger partial charge in [0.25, 0.3) is 0 Å². The third-order valence-electron chi connectivity index (χ3n) is 4.45. The Kier molecular flexibility index (Phi) is 4.54. The Morgan fingerprint density at radius 2 is 2.11 bits per heavy atom. The van der Waals surface area contributed by atoms with E-state index in [1.807, 2.05) is 11.7 Å². The first-order valence-corrected chi connectivity index (χ1v) is 7.43. The van der Waals surface area contributed by atoms with Crippen LogP contribution in [0.3, 0.4) is 0 Å². The Balaban J connectivity index is 2.18. The second-order valence-electron chi connectivity index (χ2n) is 5.47. The van der Waals surface area contributed by atoms with Crippen molar-refractivity contribution in [2.45, 2.75) is 57.1 Å². The molecule has 1 aliphatic carbocycles. The second-order valence-corrected chi connectivity index (χ2v) is 5.85. The van der Waals surface area contributed by atoms with Crippen molar-refractivity contribution in [2.24, 2.45) is 12.8 Å². The number of aryl methyl sites for hydroxylation is 2. The Morgan fingerprint density at radius 1 is 1.47 bits per heavy atom. The third-order valence-corrected chi connectivity index (χ3v) is 4.88. The average molecular weight is 286 g/mol. The summed E-state index contributed by atoms with van der Waals surface area (Å²) in [4.78, 5) is 0. The van der Waals surface area contributed by atoms with E-state index in [-0.39, 0.29) is 11.6 Å². The van der Waals surface area contributed by atoms with Crippen molar-refractivity contribution in [2.75, 3.05) is 7.11 Å².